The van der Waals surface area contributed by atoms with E-state index in [4.69, 9.17) is 14.2 Å². The number of benzene rings is 2. The number of hydrogen-bond donors (Lipinski definition) is 0. The molecule has 164 valence electrons. The Labute approximate surface area is 184 Å². The zero-order chi connectivity index (χ0) is 22.5. The number of nitrogens with zero attached hydrogens (tertiary/aromatic N) is 2. The van der Waals surface area contributed by atoms with Crippen LogP contribution in [0.4, 0.5) is 0 Å². The fourth-order valence-corrected chi connectivity index (χ4v) is 4.23. The molecule has 3 rings (SSSR count). The van der Waals surface area contributed by atoms with Gasteiger partial charge in [0, 0.05) is 12.1 Å². The first-order valence-electron chi connectivity index (χ1n) is 9.84. The van der Waals surface area contributed by atoms with E-state index in [0.717, 1.165) is 10.3 Å². The maximum atomic E-state index is 12.7. The zero-order valence-corrected chi connectivity index (χ0v) is 19.1. The van der Waals surface area contributed by atoms with Crippen LogP contribution in [0.15, 0.2) is 41.4 Å². The summed E-state index contributed by atoms with van der Waals surface area (Å²) in [7, 11) is 4.42. The number of amides is 1. The molecule has 0 radical (unpaired) electrons. The summed E-state index contributed by atoms with van der Waals surface area (Å²) in [5, 5.41) is 0. The second-order valence-corrected chi connectivity index (χ2v) is 8.31. The molecular weight excluding hydrogens is 416 g/mol. The Kier molecular flexibility index (Phi) is 7.12. The van der Waals surface area contributed by atoms with Crippen LogP contribution >= 0.6 is 11.3 Å². The van der Waals surface area contributed by atoms with Crippen LogP contribution in [0.2, 0.25) is 0 Å². The number of carbonyl (C=O) groups excluding carboxylic acids is 2. The van der Waals surface area contributed by atoms with Crippen molar-refractivity contribution in [2.75, 3.05) is 21.3 Å². The number of methoxy groups -OCH3 is 3. The van der Waals surface area contributed by atoms with Gasteiger partial charge in [0.05, 0.1) is 38.0 Å². The lowest BCUT2D eigenvalue weighted by Gasteiger charge is -2.09. The molecule has 0 fully saturated rings. The molecule has 1 amide bonds. The summed E-state index contributed by atoms with van der Waals surface area (Å²) in [5.74, 6) is 0.785. The van der Waals surface area contributed by atoms with E-state index in [-0.39, 0.29) is 18.9 Å². The van der Waals surface area contributed by atoms with E-state index in [9.17, 15) is 9.59 Å². The predicted molar refractivity (Wildman–Crippen MR) is 120 cm³/mol. The van der Waals surface area contributed by atoms with E-state index in [1.54, 1.807) is 30.9 Å². The van der Waals surface area contributed by atoms with Gasteiger partial charge in [0.1, 0.15) is 6.54 Å². The number of ether oxygens (including phenoxy) is 3. The third-order valence-electron chi connectivity index (χ3n) is 4.93. The highest BCUT2D eigenvalue weighted by Crippen LogP contribution is 2.33. The van der Waals surface area contributed by atoms with Crippen LogP contribution in [0.1, 0.15) is 30.9 Å². The fourth-order valence-electron chi connectivity index (χ4n) is 3.17. The van der Waals surface area contributed by atoms with Crippen molar-refractivity contribution in [3.05, 3.63) is 52.3 Å². The molecule has 8 heteroatoms. The molecule has 1 aromatic heterocycles. The Morgan fingerprint density at radius 1 is 1.03 bits per heavy atom. The molecule has 0 unspecified atom stereocenters. The number of carbonyl (C=O) groups is 2. The van der Waals surface area contributed by atoms with E-state index in [1.807, 2.05) is 24.3 Å². The van der Waals surface area contributed by atoms with Gasteiger partial charge < -0.3 is 18.8 Å². The van der Waals surface area contributed by atoms with Gasteiger partial charge in [-0.15, -0.1) is 0 Å². The SMILES string of the molecule is COC(=O)Cn1c(=NC(=O)Cc2ccc(C(C)C)cc2)sc2cc(OC)c(OC)cc21. The smallest absolute Gasteiger partial charge is 0.325 e. The van der Waals surface area contributed by atoms with E-state index < -0.39 is 5.97 Å². The van der Waals surface area contributed by atoms with Crippen LogP contribution in [0, 0.1) is 0 Å². The lowest BCUT2D eigenvalue weighted by Crippen LogP contribution is -2.22. The Bertz CT molecular complexity index is 1160. The van der Waals surface area contributed by atoms with E-state index in [0.29, 0.717) is 27.7 Å². The van der Waals surface area contributed by atoms with Crippen LogP contribution in [0.25, 0.3) is 10.2 Å². The molecular formula is C23H26N2O5S. The summed E-state index contributed by atoms with van der Waals surface area (Å²) in [6, 6.07) is 11.5. The van der Waals surface area contributed by atoms with Gasteiger partial charge in [-0.3, -0.25) is 9.59 Å². The molecule has 0 atom stereocenters. The topological polar surface area (TPSA) is 79.1 Å². The monoisotopic (exact) mass is 442 g/mol. The molecule has 2 aromatic carbocycles. The Morgan fingerprint density at radius 3 is 2.26 bits per heavy atom. The average molecular weight is 443 g/mol. The van der Waals surface area contributed by atoms with Gasteiger partial charge in [-0.25, -0.2) is 0 Å². The lowest BCUT2D eigenvalue weighted by atomic mass is 10.0. The third-order valence-corrected chi connectivity index (χ3v) is 5.97. The van der Waals surface area contributed by atoms with Crippen molar-refractivity contribution in [2.24, 2.45) is 4.99 Å². The van der Waals surface area contributed by atoms with Crippen molar-refractivity contribution in [2.45, 2.75) is 32.7 Å². The number of fused-ring (bicyclic) bond motifs is 1. The lowest BCUT2D eigenvalue weighted by molar-refractivity contribution is -0.141. The first-order chi connectivity index (χ1) is 14.9. The zero-order valence-electron chi connectivity index (χ0n) is 18.3. The minimum Gasteiger partial charge on any atom is -0.493 e. The molecule has 0 saturated heterocycles. The molecule has 0 aliphatic carbocycles. The highest BCUT2D eigenvalue weighted by atomic mass is 32.1. The highest BCUT2D eigenvalue weighted by Gasteiger charge is 2.16. The summed E-state index contributed by atoms with van der Waals surface area (Å²) in [5.41, 5.74) is 2.82. The summed E-state index contributed by atoms with van der Waals surface area (Å²) in [6.07, 6.45) is 0.178. The van der Waals surface area contributed by atoms with E-state index in [2.05, 4.69) is 18.8 Å². The average Bonchev–Trinajstić information content (AvgIpc) is 3.08. The predicted octanol–water partition coefficient (Wildman–Crippen LogP) is 3.69. The number of aromatic nitrogens is 1. The van der Waals surface area contributed by atoms with E-state index >= 15 is 0 Å². The molecule has 31 heavy (non-hydrogen) atoms. The number of esters is 1. The van der Waals surface area contributed by atoms with Gasteiger partial charge in [0.2, 0.25) is 0 Å². The first-order valence-corrected chi connectivity index (χ1v) is 10.7. The molecule has 0 spiro atoms. The van der Waals surface area contributed by atoms with Gasteiger partial charge >= 0.3 is 5.97 Å². The molecule has 0 aliphatic heterocycles. The maximum Gasteiger partial charge on any atom is 0.325 e. The van der Waals surface area contributed by atoms with Crippen LogP contribution < -0.4 is 14.3 Å². The van der Waals surface area contributed by atoms with Crippen molar-refractivity contribution >= 4 is 33.4 Å². The second kappa shape index (κ2) is 9.78. The summed E-state index contributed by atoms with van der Waals surface area (Å²) in [6.45, 7) is 4.18. The van der Waals surface area contributed by atoms with Gasteiger partial charge in [-0.05, 0) is 17.0 Å². The van der Waals surface area contributed by atoms with Gasteiger partial charge in [0.25, 0.3) is 5.91 Å². The Morgan fingerprint density at radius 2 is 1.68 bits per heavy atom. The molecule has 0 bridgehead atoms. The van der Waals surface area contributed by atoms with Crippen molar-refractivity contribution in [3.8, 4) is 11.5 Å². The van der Waals surface area contributed by atoms with E-state index in [1.165, 1.54) is 24.0 Å². The summed E-state index contributed by atoms with van der Waals surface area (Å²) >= 11 is 1.30. The van der Waals surface area contributed by atoms with Gasteiger partial charge in [0.15, 0.2) is 16.3 Å². The number of hydrogen-bond acceptors (Lipinski definition) is 6. The second-order valence-electron chi connectivity index (χ2n) is 7.30. The minimum atomic E-state index is -0.437. The third kappa shape index (κ3) is 5.14. The number of thiazole rings is 1. The molecule has 1 heterocycles. The molecule has 0 saturated carbocycles. The molecule has 0 aliphatic rings. The molecule has 3 aromatic rings. The highest BCUT2D eigenvalue weighted by molar-refractivity contribution is 7.16. The molecule has 7 nitrogen and oxygen atoms in total. The van der Waals surface area contributed by atoms with Crippen molar-refractivity contribution in [1.29, 1.82) is 0 Å². The van der Waals surface area contributed by atoms with Gasteiger partial charge in [-0.1, -0.05) is 49.4 Å². The summed E-state index contributed by atoms with van der Waals surface area (Å²) in [4.78, 5) is 29.4. The van der Waals surface area contributed by atoms with Crippen molar-refractivity contribution < 1.29 is 23.8 Å². The van der Waals surface area contributed by atoms with Crippen molar-refractivity contribution in [1.82, 2.24) is 4.57 Å². The van der Waals surface area contributed by atoms with Crippen LogP contribution in [-0.4, -0.2) is 37.8 Å². The Hall–Kier alpha value is -3.13. The molecule has 0 N–H and O–H groups in total. The van der Waals surface area contributed by atoms with Crippen molar-refractivity contribution in [3.63, 3.8) is 0 Å². The summed E-state index contributed by atoms with van der Waals surface area (Å²) < 4.78 is 18.0. The standard InChI is InChI=1S/C23H26N2O5S/c1-14(2)16-8-6-15(7-9-16)10-21(26)24-23-25(13-22(27)30-5)17-11-18(28-3)19(29-4)12-20(17)31-23/h6-9,11-12,14H,10,13H2,1-5H3. The van der Waals surface area contributed by atoms with Crippen LogP contribution in [-0.2, 0) is 27.3 Å². The maximum absolute atomic E-state index is 12.7. The van der Waals surface area contributed by atoms with Crippen LogP contribution in [0.3, 0.4) is 0 Å². The minimum absolute atomic E-state index is 0.0683. The Balaban J connectivity index is 2.01. The number of rotatable bonds is 7. The first kappa shape index (κ1) is 22.6. The quantitative estimate of drug-likeness (QED) is 0.522. The largest absolute Gasteiger partial charge is 0.493 e. The van der Waals surface area contributed by atoms with Crippen LogP contribution in [0.5, 0.6) is 11.5 Å². The van der Waals surface area contributed by atoms with Gasteiger partial charge in [-0.2, -0.15) is 4.99 Å². The fraction of sp³-hybridized carbons (Fsp3) is 0.348. The normalized spacial score (nSPS) is 11.7.